The Morgan fingerprint density at radius 2 is 1.89 bits per heavy atom. The van der Waals surface area contributed by atoms with Crippen LogP contribution in [-0.2, 0) is 0 Å². The Morgan fingerprint density at radius 1 is 1.11 bits per heavy atom. The molecule has 2 aromatic heterocycles. The number of nitrogens with zero attached hydrogens (tertiary/aromatic N) is 5. The van der Waals surface area contributed by atoms with E-state index in [4.69, 9.17) is 4.52 Å². The number of nitrogens with one attached hydrogen (secondary N) is 2. The first-order chi connectivity index (χ1) is 16.9. The number of benzene rings is 2. The van der Waals surface area contributed by atoms with Gasteiger partial charge in [-0.2, -0.15) is 9.97 Å². The van der Waals surface area contributed by atoms with Gasteiger partial charge in [-0.25, -0.2) is 4.98 Å². The van der Waals surface area contributed by atoms with Crippen molar-refractivity contribution in [2.24, 2.45) is 0 Å². The van der Waals surface area contributed by atoms with Crippen LogP contribution in [0.5, 0.6) is 0 Å². The maximum absolute atomic E-state index is 12.3. The highest BCUT2D eigenvalue weighted by atomic mass is 16.5. The van der Waals surface area contributed by atoms with E-state index in [1.807, 2.05) is 43.3 Å². The van der Waals surface area contributed by atoms with Gasteiger partial charge in [-0.05, 0) is 36.2 Å². The van der Waals surface area contributed by atoms with Crippen LogP contribution in [0.25, 0.3) is 11.4 Å². The van der Waals surface area contributed by atoms with Crippen molar-refractivity contribution in [2.45, 2.75) is 19.9 Å². The molecule has 10 heteroatoms. The zero-order valence-corrected chi connectivity index (χ0v) is 20.0. The topological polar surface area (TPSA) is 129 Å². The molecule has 3 N–H and O–H groups in total. The molecule has 2 aromatic carbocycles. The number of hydrogen-bond donors (Lipinski definition) is 3. The van der Waals surface area contributed by atoms with Crippen molar-refractivity contribution in [3.05, 3.63) is 77.3 Å². The van der Waals surface area contributed by atoms with E-state index in [0.29, 0.717) is 34.6 Å². The Hall–Kier alpha value is -4.31. The summed E-state index contributed by atoms with van der Waals surface area (Å²) in [6, 6.07) is 14.6. The molecule has 0 aliphatic heterocycles. The van der Waals surface area contributed by atoms with E-state index in [1.165, 1.54) is 0 Å². The van der Waals surface area contributed by atoms with Crippen LogP contribution in [0.2, 0.25) is 0 Å². The third kappa shape index (κ3) is 5.44. The fourth-order valence-corrected chi connectivity index (χ4v) is 3.56. The van der Waals surface area contributed by atoms with E-state index in [0.717, 1.165) is 16.8 Å². The zero-order valence-electron chi connectivity index (χ0n) is 20.0. The van der Waals surface area contributed by atoms with Crippen LogP contribution in [0.1, 0.15) is 33.4 Å². The van der Waals surface area contributed by atoms with Crippen molar-refractivity contribution >= 4 is 23.4 Å². The van der Waals surface area contributed by atoms with Gasteiger partial charge in [0.15, 0.2) is 0 Å². The van der Waals surface area contributed by atoms with Crippen LogP contribution < -0.4 is 10.6 Å². The number of hydrogen-bond acceptors (Lipinski definition) is 9. The molecule has 0 radical (unpaired) electrons. The van der Waals surface area contributed by atoms with Gasteiger partial charge in [0.05, 0.1) is 18.2 Å². The molecule has 0 spiro atoms. The molecule has 1 amide bonds. The van der Waals surface area contributed by atoms with Crippen LogP contribution in [-0.4, -0.2) is 56.7 Å². The van der Waals surface area contributed by atoms with E-state index in [1.54, 1.807) is 44.2 Å². The van der Waals surface area contributed by atoms with Gasteiger partial charge in [-0.1, -0.05) is 35.5 Å². The third-order valence-electron chi connectivity index (χ3n) is 5.37. The van der Waals surface area contributed by atoms with Crippen molar-refractivity contribution in [3.8, 4) is 11.4 Å². The standard InChI is InChI=1S/C25H27N7O3/c1-15-12-18(10-11-19(15)24(34)32(3)4)28-25-26-13-20(23-27-16(2)35-31-23)22(30-25)29-21(14-33)17-8-6-5-7-9-17/h5-13,21,33H,14H2,1-4H3,(H2,26,28,29,30)/t21-/m1/s1. The predicted molar refractivity (Wildman–Crippen MR) is 132 cm³/mol. The molecule has 4 aromatic rings. The normalized spacial score (nSPS) is 11.7. The van der Waals surface area contributed by atoms with Crippen molar-refractivity contribution in [1.29, 1.82) is 0 Å². The van der Waals surface area contributed by atoms with Crippen molar-refractivity contribution in [2.75, 3.05) is 31.3 Å². The molecule has 0 aliphatic carbocycles. The monoisotopic (exact) mass is 473 g/mol. The highest BCUT2D eigenvalue weighted by molar-refractivity contribution is 5.95. The summed E-state index contributed by atoms with van der Waals surface area (Å²) < 4.78 is 5.14. The average Bonchev–Trinajstić information content (AvgIpc) is 3.28. The molecule has 2 heterocycles. The average molecular weight is 474 g/mol. The van der Waals surface area contributed by atoms with Crippen LogP contribution in [0, 0.1) is 13.8 Å². The summed E-state index contributed by atoms with van der Waals surface area (Å²) >= 11 is 0. The summed E-state index contributed by atoms with van der Waals surface area (Å²) in [5, 5.41) is 20.5. The Bertz CT molecular complexity index is 1320. The smallest absolute Gasteiger partial charge is 0.253 e. The first-order valence-corrected chi connectivity index (χ1v) is 11.0. The van der Waals surface area contributed by atoms with Gasteiger partial charge in [0, 0.05) is 38.5 Å². The van der Waals surface area contributed by atoms with E-state index >= 15 is 0 Å². The number of carbonyl (C=O) groups is 1. The van der Waals surface area contributed by atoms with Gasteiger partial charge in [-0.3, -0.25) is 4.79 Å². The highest BCUT2D eigenvalue weighted by Crippen LogP contribution is 2.29. The Balaban J connectivity index is 1.66. The van der Waals surface area contributed by atoms with Gasteiger partial charge >= 0.3 is 0 Å². The molecule has 0 saturated carbocycles. The van der Waals surface area contributed by atoms with E-state index in [2.05, 4.69) is 30.7 Å². The lowest BCUT2D eigenvalue weighted by atomic mass is 10.1. The number of anilines is 3. The Kier molecular flexibility index (Phi) is 7.02. The number of aliphatic hydroxyl groups excluding tert-OH is 1. The SMILES string of the molecule is Cc1nc(-c2cnc(Nc3ccc(C(=O)N(C)C)c(C)c3)nc2N[C@H](CO)c2ccccc2)no1. The lowest BCUT2D eigenvalue weighted by Crippen LogP contribution is -2.22. The number of aromatic nitrogens is 4. The quantitative estimate of drug-likeness (QED) is 0.350. The summed E-state index contributed by atoms with van der Waals surface area (Å²) in [5.74, 6) is 1.45. The van der Waals surface area contributed by atoms with Gasteiger partial charge in [0.2, 0.25) is 17.7 Å². The maximum Gasteiger partial charge on any atom is 0.253 e. The van der Waals surface area contributed by atoms with Crippen LogP contribution in [0.4, 0.5) is 17.5 Å². The third-order valence-corrected chi connectivity index (χ3v) is 5.37. The number of aryl methyl sites for hydroxylation is 2. The lowest BCUT2D eigenvalue weighted by molar-refractivity contribution is 0.0827. The number of aliphatic hydroxyl groups is 1. The molecule has 0 aliphatic rings. The van der Waals surface area contributed by atoms with Gasteiger partial charge in [-0.15, -0.1) is 0 Å². The number of rotatable bonds is 8. The number of carbonyl (C=O) groups excluding carboxylic acids is 1. The zero-order chi connectivity index (χ0) is 24.9. The maximum atomic E-state index is 12.3. The molecular formula is C25H27N7O3. The van der Waals surface area contributed by atoms with Crippen molar-refractivity contribution in [1.82, 2.24) is 25.0 Å². The van der Waals surface area contributed by atoms with Crippen LogP contribution >= 0.6 is 0 Å². The van der Waals surface area contributed by atoms with Crippen molar-refractivity contribution in [3.63, 3.8) is 0 Å². The molecule has 0 unspecified atom stereocenters. The minimum atomic E-state index is -0.413. The molecule has 10 nitrogen and oxygen atoms in total. The molecule has 35 heavy (non-hydrogen) atoms. The highest BCUT2D eigenvalue weighted by Gasteiger charge is 2.19. The summed E-state index contributed by atoms with van der Waals surface area (Å²) in [7, 11) is 3.44. The Morgan fingerprint density at radius 3 is 2.51 bits per heavy atom. The molecule has 1 atom stereocenters. The molecule has 4 rings (SSSR count). The van der Waals surface area contributed by atoms with Crippen LogP contribution in [0.15, 0.2) is 59.3 Å². The van der Waals surface area contributed by atoms with Gasteiger partial charge in [0.25, 0.3) is 5.91 Å². The van der Waals surface area contributed by atoms with Crippen molar-refractivity contribution < 1.29 is 14.4 Å². The largest absolute Gasteiger partial charge is 0.394 e. The second kappa shape index (κ2) is 10.3. The van der Waals surface area contributed by atoms with Gasteiger partial charge in [0.1, 0.15) is 5.82 Å². The molecule has 0 fully saturated rings. The molecule has 0 saturated heterocycles. The minimum Gasteiger partial charge on any atom is -0.394 e. The van der Waals surface area contributed by atoms with E-state index < -0.39 is 6.04 Å². The first kappa shape index (κ1) is 23.8. The molecule has 0 bridgehead atoms. The summed E-state index contributed by atoms with van der Waals surface area (Å²) in [6.45, 7) is 3.43. The fraction of sp³-hybridized carbons (Fsp3) is 0.240. The minimum absolute atomic E-state index is 0.0625. The summed E-state index contributed by atoms with van der Waals surface area (Å²) in [6.07, 6.45) is 1.60. The second-order valence-electron chi connectivity index (χ2n) is 8.24. The molecular weight excluding hydrogens is 446 g/mol. The lowest BCUT2D eigenvalue weighted by Gasteiger charge is -2.19. The number of amides is 1. The summed E-state index contributed by atoms with van der Waals surface area (Å²) in [4.78, 5) is 27.2. The Labute approximate surface area is 203 Å². The molecule has 180 valence electrons. The fourth-order valence-electron chi connectivity index (χ4n) is 3.56. The van der Waals surface area contributed by atoms with E-state index in [9.17, 15) is 9.90 Å². The van der Waals surface area contributed by atoms with Gasteiger partial charge < -0.3 is 25.2 Å². The predicted octanol–water partition coefficient (Wildman–Crippen LogP) is 3.73. The van der Waals surface area contributed by atoms with E-state index in [-0.39, 0.29) is 12.5 Å². The van der Waals surface area contributed by atoms with Crippen LogP contribution in [0.3, 0.4) is 0 Å². The first-order valence-electron chi connectivity index (χ1n) is 11.0. The summed E-state index contributed by atoms with van der Waals surface area (Å²) in [5.41, 5.74) is 3.62. The second-order valence-corrected chi connectivity index (χ2v) is 8.24.